The Bertz CT molecular complexity index is 843. The number of rotatable bonds is 4. The number of hydrogen-bond acceptors (Lipinski definition) is 3. The second kappa shape index (κ2) is 6.42. The van der Waals surface area contributed by atoms with Crippen molar-refractivity contribution >= 4 is 33.2 Å². The SMILES string of the molecule is Cc1c(Cl)cc(S(=O)(=O)NCc2ccc3c(c2)CNC3)cc1Cl. The van der Waals surface area contributed by atoms with Gasteiger partial charge in [-0.15, -0.1) is 0 Å². The molecule has 0 amide bonds. The monoisotopic (exact) mass is 370 g/mol. The Morgan fingerprint density at radius 3 is 2.43 bits per heavy atom. The van der Waals surface area contributed by atoms with Crippen molar-refractivity contribution in [2.45, 2.75) is 31.5 Å². The molecule has 2 N–H and O–H groups in total. The highest BCUT2D eigenvalue weighted by Gasteiger charge is 2.17. The summed E-state index contributed by atoms with van der Waals surface area (Å²) in [6.07, 6.45) is 0. The lowest BCUT2D eigenvalue weighted by molar-refractivity contribution is 0.581. The van der Waals surface area contributed by atoms with Crippen LogP contribution >= 0.6 is 23.2 Å². The highest BCUT2D eigenvalue weighted by molar-refractivity contribution is 7.89. The highest BCUT2D eigenvalue weighted by atomic mass is 35.5. The Hall–Kier alpha value is -1.11. The lowest BCUT2D eigenvalue weighted by Gasteiger charge is -2.10. The van der Waals surface area contributed by atoms with E-state index in [2.05, 4.69) is 10.0 Å². The van der Waals surface area contributed by atoms with Gasteiger partial charge in [0.2, 0.25) is 10.0 Å². The van der Waals surface area contributed by atoms with Gasteiger partial charge in [0.25, 0.3) is 0 Å². The molecule has 0 saturated heterocycles. The molecule has 0 unspecified atom stereocenters. The second-order valence-electron chi connectivity index (χ2n) is 5.54. The Labute approximate surface area is 145 Å². The molecule has 0 radical (unpaired) electrons. The van der Waals surface area contributed by atoms with Gasteiger partial charge in [-0.05, 0) is 41.3 Å². The van der Waals surface area contributed by atoms with Crippen molar-refractivity contribution in [2.24, 2.45) is 0 Å². The zero-order chi connectivity index (χ0) is 16.6. The van der Waals surface area contributed by atoms with Gasteiger partial charge in [-0.25, -0.2) is 13.1 Å². The lowest BCUT2D eigenvalue weighted by Crippen LogP contribution is -2.23. The zero-order valence-electron chi connectivity index (χ0n) is 12.5. The number of sulfonamides is 1. The van der Waals surface area contributed by atoms with Gasteiger partial charge in [0.1, 0.15) is 0 Å². The molecule has 0 bridgehead atoms. The smallest absolute Gasteiger partial charge is 0.240 e. The minimum Gasteiger partial charge on any atom is -0.309 e. The summed E-state index contributed by atoms with van der Waals surface area (Å²) in [5.41, 5.74) is 4.05. The van der Waals surface area contributed by atoms with Crippen molar-refractivity contribution in [3.05, 3.63) is 62.6 Å². The van der Waals surface area contributed by atoms with Crippen molar-refractivity contribution in [1.82, 2.24) is 10.0 Å². The van der Waals surface area contributed by atoms with Crippen molar-refractivity contribution in [1.29, 1.82) is 0 Å². The normalized spacial score (nSPS) is 14.0. The van der Waals surface area contributed by atoms with Crippen LogP contribution in [0.15, 0.2) is 35.2 Å². The molecule has 0 aliphatic carbocycles. The first-order valence-corrected chi connectivity index (χ1v) is 9.37. The van der Waals surface area contributed by atoms with Crippen LogP contribution in [-0.4, -0.2) is 8.42 Å². The lowest BCUT2D eigenvalue weighted by atomic mass is 10.1. The Morgan fingerprint density at radius 2 is 1.74 bits per heavy atom. The second-order valence-corrected chi connectivity index (χ2v) is 8.12. The summed E-state index contributed by atoms with van der Waals surface area (Å²) in [4.78, 5) is 0.0703. The van der Waals surface area contributed by atoms with Crippen molar-refractivity contribution in [3.8, 4) is 0 Å². The first-order chi connectivity index (χ1) is 10.9. The fourth-order valence-corrected chi connectivity index (χ4v) is 4.18. The van der Waals surface area contributed by atoms with Gasteiger partial charge in [-0.3, -0.25) is 0 Å². The molecule has 23 heavy (non-hydrogen) atoms. The van der Waals surface area contributed by atoms with Gasteiger partial charge in [-0.2, -0.15) is 0 Å². The molecule has 4 nitrogen and oxygen atoms in total. The first kappa shape index (κ1) is 16.7. The predicted octanol–water partition coefficient (Wildman–Crippen LogP) is 3.38. The summed E-state index contributed by atoms with van der Waals surface area (Å²) < 4.78 is 27.4. The summed E-state index contributed by atoms with van der Waals surface area (Å²) >= 11 is 12.0. The van der Waals surface area contributed by atoms with Crippen LogP contribution in [0.2, 0.25) is 10.0 Å². The molecule has 0 fully saturated rings. The molecular weight excluding hydrogens is 355 g/mol. The number of fused-ring (bicyclic) bond motifs is 1. The van der Waals surface area contributed by atoms with Gasteiger partial charge in [-0.1, -0.05) is 41.4 Å². The van der Waals surface area contributed by atoms with Crippen molar-refractivity contribution in [3.63, 3.8) is 0 Å². The minimum absolute atomic E-state index is 0.0703. The van der Waals surface area contributed by atoms with Crippen LogP contribution in [0.4, 0.5) is 0 Å². The van der Waals surface area contributed by atoms with Crippen molar-refractivity contribution < 1.29 is 8.42 Å². The molecule has 0 atom stereocenters. The van der Waals surface area contributed by atoms with Crippen LogP contribution in [0.1, 0.15) is 22.3 Å². The maximum absolute atomic E-state index is 12.4. The number of halogens is 2. The molecular formula is C16H16Cl2N2O2S. The van der Waals surface area contributed by atoms with E-state index in [-0.39, 0.29) is 11.4 Å². The van der Waals surface area contributed by atoms with Gasteiger partial charge in [0, 0.05) is 29.7 Å². The van der Waals surface area contributed by atoms with Crippen LogP contribution < -0.4 is 10.0 Å². The van der Waals surface area contributed by atoms with Crippen LogP contribution in [0.5, 0.6) is 0 Å². The third kappa shape index (κ3) is 3.54. The molecule has 3 rings (SSSR count). The Morgan fingerprint density at radius 1 is 1.09 bits per heavy atom. The average Bonchev–Trinajstić information content (AvgIpc) is 2.97. The van der Waals surface area contributed by atoms with Gasteiger partial charge in [0.15, 0.2) is 0 Å². The minimum atomic E-state index is -3.67. The third-order valence-electron chi connectivity index (χ3n) is 3.93. The van der Waals surface area contributed by atoms with E-state index >= 15 is 0 Å². The molecule has 2 aromatic carbocycles. The van der Waals surface area contributed by atoms with Crippen molar-refractivity contribution in [2.75, 3.05) is 0 Å². The molecule has 2 aromatic rings. The Balaban J connectivity index is 1.79. The largest absolute Gasteiger partial charge is 0.309 e. The molecule has 1 aliphatic rings. The summed E-state index contributed by atoms with van der Waals surface area (Å²) in [5, 5.41) is 3.93. The number of nitrogens with one attached hydrogen (secondary N) is 2. The van der Waals surface area contributed by atoms with E-state index in [1.165, 1.54) is 23.3 Å². The maximum Gasteiger partial charge on any atom is 0.240 e. The van der Waals surface area contributed by atoms with E-state index in [9.17, 15) is 8.42 Å². The molecule has 0 saturated carbocycles. The third-order valence-corrected chi connectivity index (χ3v) is 6.10. The molecule has 1 heterocycles. The quantitative estimate of drug-likeness (QED) is 0.866. The van der Waals surface area contributed by atoms with E-state index in [0.29, 0.717) is 15.6 Å². The summed E-state index contributed by atoms with van der Waals surface area (Å²) in [5.74, 6) is 0. The van der Waals surface area contributed by atoms with Crippen LogP contribution in [0.3, 0.4) is 0 Å². The molecule has 0 spiro atoms. The molecule has 1 aliphatic heterocycles. The van der Waals surface area contributed by atoms with Gasteiger partial charge < -0.3 is 5.32 Å². The van der Waals surface area contributed by atoms with E-state index in [1.54, 1.807) is 6.92 Å². The van der Waals surface area contributed by atoms with Crippen LogP contribution in [0.25, 0.3) is 0 Å². The van der Waals surface area contributed by atoms with Crippen LogP contribution in [0, 0.1) is 6.92 Å². The van der Waals surface area contributed by atoms with E-state index in [4.69, 9.17) is 23.2 Å². The van der Waals surface area contributed by atoms with Gasteiger partial charge in [0.05, 0.1) is 4.90 Å². The standard InChI is InChI=1S/C16H16Cl2N2O2S/c1-10-15(17)5-14(6-16(10)18)23(21,22)20-7-11-2-3-12-8-19-9-13(12)4-11/h2-6,19-20H,7-9H2,1H3. The first-order valence-electron chi connectivity index (χ1n) is 7.13. The molecule has 7 heteroatoms. The summed E-state index contributed by atoms with van der Waals surface area (Å²) in [6.45, 7) is 3.65. The number of benzene rings is 2. The van der Waals surface area contributed by atoms with E-state index in [1.807, 2.05) is 18.2 Å². The summed E-state index contributed by atoms with van der Waals surface area (Å²) in [7, 11) is -3.67. The number of hydrogen-bond donors (Lipinski definition) is 2. The maximum atomic E-state index is 12.4. The molecule has 122 valence electrons. The Kier molecular flexibility index (Phi) is 4.67. The van der Waals surface area contributed by atoms with Crippen LogP contribution in [-0.2, 0) is 29.7 Å². The topological polar surface area (TPSA) is 58.2 Å². The fourth-order valence-electron chi connectivity index (χ4n) is 2.50. The van der Waals surface area contributed by atoms with Gasteiger partial charge >= 0.3 is 0 Å². The predicted molar refractivity (Wildman–Crippen MR) is 92.2 cm³/mol. The van der Waals surface area contributed by atoms with E-state index in [0.717, 1.165) is 18.7 Å². The zero-order valence-corrected chi connectivity index (χ0v) is 14.8. The highest BCUT2D eigenvalue weighted by Crippen LogP contribution is 2.27. The average molecular weight is 371 g/mol. The van der Waals surface area contributed by atoms with E-state index < -0.39 is 10.0 Å². The molecule has 0 aromatic heterocycles. The fraction of sp³-hybridized carbons (Fsp3) is 0.250. The summed E-state index contributed by atoms with van der Waals surface area (Å²) in [6, 6.07) is 8.81.